The van der Waals surface area contributed by atoms with Crippen molar-refractivity contribution in [1.82, 2.24) is 14.4 Å². The van der Waals surface area contributed by atoms with Gasteiger partial charge in [-0.3, -0.25) is 4.40 Å². The normalized spacial score (nSPS) is 29.0. The SMILES string of the molecule is C[C@H](Oc1nc2nc(C34COC(C)(C3)C4)cn2cc1C(=O)O)C(F)F. The van der Waals surface area contributed by atoms with Crippen molar-refractivity contribution in [3.63, 3.8) is 0 Å². The molecular formula is C16H17F2N3O4. The lowest BCUT2D eigenvalue weighted by Gasteiger charge is -2.41. The Labute approximate surface area is 141 Å². The van der Waals surface area contributed by atoms with Crippen LogP contribution in [-0.2, 0) is 10.2 Å². The van der Waals surface area contributed by atoms with E-state index in [0.717, 1.165) is 25.5 Å². The van der Waals surface area contributed by atoms with Gasteiger partial charge >= 0.3 is 5.97 Å². The van der Waals surface area contributed by atoms with Gasteiger partial charge in [-0.2, -0.15) is 4.98 Å². The van der Waals surface area contributed by atoms with Gasteiger partial charge in [-0.15, -0.1) is 0 Å². The van der Waals surface area contributed by atoms with E-state index in [4.69, 9.17) is 9.47 Å². The van der Waals surface area contributed by atoms with Crippen LogP contribution >= 0.6 is 0 Å². The van der Waals surface area contributed by atoms with Crippen molar-refractivity contribution in [3.05, 3.63) is 23.7 Å². The Kier molecular flexibility index (Phi) is 3.31. The van der Waals surface area contributed by atoms with Crippen LogP contribution in [0.25, 0.3) is 5.78 Å². The Morgan fingerprint density at radius 3 is 2.68 bits per heavy atom. The van der Waals surface area contributed by atoms with Crippen molar-refractivity contribution < 1.29 is 28.2 Å². The first-order valence-corrected chi connectivity index (χ1v) is 7.94. The number of nitrogens with zero attached hydrogens (tertiary/aromatic N) is 3. The summed E-state index contributed by atoms with van der Waals surface area (Å²) in [6, 6.07) is 0. The summed E-state index contributed by atoms with van der Waals surface area (Å²) in [5, 5.41) is 9.33. The quantitative estimate of drug-likeness (QED) is 0.888. The van der Waals surface area contributed by atoms with E-state index in [1.54, 1.807) is 6.20 Å². The number of carboxylic acid groups (broad SMARTS) is 1. The second-order valence-electron chi connectivity index (χ2n) is 7.13. The molecule has 7 nitrogen and oxygen atoms in total. The predicted molar refractivity (Wildman–Crippen MR) is 81.3 cm³/mol. The van der Waals surface area contributed by atoms with Gasteiger partial charge < -0.3 is 14.6 Å². The molecule has 2 aromatic rings. The van der Waals surface area contributed by atoms with Gasteiger partial charge in [-0.25, -0.2) is 18.6 Å². The summed E-state index contributed by atoms with van der Waals surface area (Å²) in [4.78, 5) is 19.9. The van der Waals surface area contributed by atoms with Crippen LogP contribution in [0.2, 0.25) is 0 Å². The summed E-state index contributed by atoms with van der Waals surface area (Å²) in [6.45, 7) is 3.76. The summed E-state index contributed by atoms with van der Waals surface area (Å²) in [5.41, 5.74) is 0.187. The lowest BCUT2D eigenvalue weighted by molar-refractivity contribution is 0.0154. The van der Waals surface area contributed by atoms with E-state index in [2.05, 4.69) is 9.97 Å². The van der Waals surface area contributed by atoms with Gasteiger partial charge in [0.05, 0.1) is 17.9 Å². The van der Waals surface area contributed by atoms with Crippen molar-refractivity contribution in [1.29, 1.82) is 0 Å². The third-order valence-electron chi connectivity index (χ3n) is 4.96. The molecule has 1 aliphatic carbocycles. The molecule has 0 spiro atoms. The zero-order valence-corrected chi connectivity index (χ0v) is 13.7. The second-order valence-corrected chi connectivity index (χ2v) is 7.13. The molecule has 2 bridgehead atoms. The first-order chi connectivity index (χ1) is 11.7. The minimum Gasteiger partial charge on any atom is -0.477 e. The number of hydrogen-bond acceptors (Lipinski definition) is 5. The fraction of sp³-hybridized carbons (Fsp3) is 0.562. The Hall–Kier alpha value is -2.29. The number of imidazole rings is 1. The molecule has 0 aromatic carbocycles. The number of rotatable bonds is 5. The number of fused-ring (bicyclic) bond motifs is 2. The molecule has 4 heterocycles. The third-order valence-corrected chi connectivity index (χ3v) is 4.96. The predicted octanol–water partition coefficient (Wildman–Crippen LogP) is 2.28. The van der Waals surface area contributed by atoms with Gasteiger partial charge in [0.15, 0.2) is 6.10 Å². The number of carbonyl (C=O) groups is 1. The average Bonchev–Trinajstić information content (AvgIpc) is 3.16. The number of aromatic carboxylic acids is 1. The van der Waals surface area contributed by atoms with E-state index in [-0.39, 0.29) is 28.2 Å². The van der Waals surface area contributed by atoms with Crippen molar-refractivity contribution in [2.24, 2.45) is 0 Å². The first-order valence-electron chi connectivity index (χ1n) is 7.94. The average molecular weight is 353 g/mol. The smallest absolute Gasteiger partial charge is 0.342 e. The van der Waals surface area contributed by atoms with E-state index >= 15 is 0 Å². The van der Waals surface area contributed by atoms with E-state index in [0.29, 0.717) is 6.61 Å². The van der Waals surface area contributed by atoms with Crippen LogP contribution in [0.1, 0.15) is 42.7 Å². The molecule has 2 aliphatic heterocycles. The maximum absolute atomic E-state index is 12.7. The highest BCUT2D eigenvalue weighted by Crippen LogP contribution is 2.58. The van der Waals surface area contributed by atoms with Crippen LogP contribution in [0.4, 0.5) is 8.78 Å². The maximum Gasteiger partial charge on any atom is 0.342 e. The van der Waals surface area contributed by atoms with Gasteiger partial charge in [0, 0.05) is 17.8 Å². The van der Waals surface area contributed by atoms with Gasteiger partial charge in [0.1, 0.15) is 5.56 Å². The minimum absolute atomic E-state index is 0.115. The van der Waals surface area contributed by atoms with Crippen LogP contribution in [0.15, 0.2) is 12.4 Å². The van der Waals surface area contributed by atoms with Crippen molar-refractivity contribution in [3.8, 4) is 5.88 Å². The lowest BCUT2D eigenvalue weighted by Crippen LogP contribution is -2.45. The minimum atomic E-state index is -2.75. The standard InChI is InChI=1S/C16H17F2N3O4/c1-8(11(17)18)25-12-9(13(22)23)3-21-4-10(19-14(21)20-12)16-5-15(2,6-16)24-7-16/h3-4,8,11H,5-7H2,1-2H3,(H,22,23)/t8-,15?,16?/m0/s1. The molecular weight excluding hydrogens is 336 g/mol. The summed E-state index contributed by atoms with van der Waals surface area (Å²) < 4.78 is 37.7. The number of hydrogen-bond donors (Lipinski definition) is 1. The zero-order chi connectivity index (χ0) is 18.0. The highest BCUT2D eigenvalue weighted by atomic mass is 19.3. The number of carboxylic acids is 1. The van der Waals surface area contributed by atoms with Gasteiger partial charge in [-0.1, -0.05) is 0 Å². The van der Waals surface area contributed by atoms with Crippen LogP contribution in [0.3, 0.4) is 0 Å². The third kappa shape index (κ3) is 2.45. The summed E-state index contributed by atoms with van der Waals surface area (Å²) >= 11 is 0. The largest absolute Gasteiger partial charge is 0.477 e. The van der Waals surface area contributed by atoms with E-state index < -0.39 is 18.5 Å². The number of ether oxygens (including phenoxy) is 2. The first kappa shape index (κ1) is 16.2. The Morgan fingerprint density at radius 1 is 1.40 bits per heavy atom. The zero-order valence-electron chi connectivity index (χ0n) is 13.7. The van der Waals surface area contributed by atoms with Crippen LogP contribution in [-0.4, -0.2) is 50.2 Å². The van der Waals surface area contributed by atoms with E-state index in [9.17, 15) is 18.7 Å². The molecule has 1 saturated carbocycles. The Balaban J connectivity index is 1.74. The van der Waals surface area contributed by atoms with Crippen molar-refractivity contribution in [2.75, 3.05) is 6.61 Å². The fourth-order valence-electron chi connectivity index (χ4n) is 3.78. The molecule has 9 heteroatoms. The molecule has 3 aliphatic rings. The molecule has 0 amide bonds. The maximum atomic E-state index is 12.7. The summed E-state index contributed by atoms with van der Waals surface area (Å²) in [7, 11) is 0. The summed E-state index contributed by atoms with van der Waals surface area (Å²) in [5.74, 6) is -1.45. The molecule has 2 saturated heterocycles. The molecule has 1 N–H and O–H groups in total. The number of halogens is 2. The van der Waals surface area contributed by atoms with E-state index in [1.165, 1.54) is 10.6 Å². The van der Waals surface area contributed by atoms with Crippen LogP contribution in [0, 0.1) is 0 Å². The summed E-state index contributed by atoms with van der Waals surface area (Å²) in [6.07, 6.45) is 0.486. The highest BCUT2D eigenvalue weighted by Gasteiger charge is 2.61. The molecule has 2 aromatic heterocycles. The van der Waals surface area contributed by atoms with Crippen molar-refractivity contribution in [2.45, 2.75) is 50.2 Å². The van der Waals surface area contributed by atoms with Crippen molar-refractivity contribution >= 4 is 11.7 Å². The fourth-order valence-corrected chi connectivity index (χ4v) is 3.78. The monoisotopic (exact) mass is 353 g/mol. The molecule has 25 heavy (non-hydrogen) atoms. The van der Waals surface area contributed by atoms with Gasteiger partial charge in [0.25, 0.3) is 6.43 Å². The lowest BCUT2D eigenvalue weighted by atomic mass is 9.62. The number of aromatic nitrogens is 3. The molecule has 5 rings (SSSR count). The molecule has 1 atom stereocenters. The Bertz CT molecular complexity index is 860. The van der Waals surface area contributed by atoms with Crippen LogP contribution < -0.4 is 4.74 Å². The molecule has 0 unspecified atom stereocenters. The number of alkyl halides is 2. The highest BCUT2D eigenvalue weighted by molar-refractivity contribution is 5.90. The Morgan fingerprint density at radius 2 is 2.12 bits per heavy atom. The topological polar surface area (TPSA) is 86.0 Å². The van der Waals surface area contributed by atoms with Crippen LogP contribution in [0.5, 0.6) is 5.88 Å². The van der Waals surface area contributed by atoms with E-state index in [1.807, 2.05) is 6.92 Å². The van der Waals surface area contributed by atoms with Gasteiger partial charge in [-0.05, 0) is 26.7 Å². The molecule has 0 radical (unpaired) electrons. The molecule has 134 valence electrons. The van der Waals surface area contributed by atoms with Gasteiger partial charge in [0.2, 0.25) is 11.7 Å². The molecule has 3 fully saturated rings. The second kappa shape index (κ2) is 5.10.